The highest BCUT2D eigenvalue weighted by molar-refractivity contribution is 8.23. The number of hydrogen-bond acceptors (Lipinski definition) is 5. The Morgan fingerprint density at radius 2 is 2.00 bits per heavy atom. The number of carbonyl (C=O) groups excluding carboxylic acids is 2. The van der Waals surface area contributed by atoms with Gasteiger partial charge in [0.15, 0.2) is 6.61 Å². The normalized spacial score (nSPS) is 16.7. The van der Waals surface area contributed by atoms with Gasteiger partial charge in [0.2, 0.25) is 0 Å². The number of nitrogens with one attached hydrogen (secondary N) is 1. The minimum atomic E-state index is -0.420. The molecule has 1 N–H and O–H groups in total. The topological polar surface area (TPSA) is 58.6 Å². The molecule has 1 saturated heterocycles. The molecule has 1 aromatic carbocycles. The molecule has 1 aliphatic heterocycles. The van der Waals surface area contributed by atoms with E-state index in [-0.39, 0.29) is 18.3 Å². The Kier molecular flexibility index (Phi) is 7.13. The highest BCUT2D eigenvalue weighted by Gasteiger charge is 2.19. The van der Waals surface area contributed by atoms with Crippen LogP contribution in [0.4, 0.5) is 5.69 Å². The molecule has 0 radical (unpaired) electrons. The first-order valence-electron chi connectivity index (χ1n) is 9.50. The van der Waals surface area contributed by atoms with Gasteiger partial charge in [0.25, 0.3) is 5.91 Å². The van der Waals surface area contributed by atoms with E-state index in [0.29, 0.717) is 0 Å². The van der Waals surface area contributed by atoms with Crippen molar-refractivity contribution in [1.82, 2.24) is 4.90 Å². The fourth-order valence-corrected chi connectivity index (χ4v) is 4.49. The lowest BCUT2D eigenvalue weighted by Crippen LogP contribution is -2.35. The molecule has 1 fully saturated rings. The van der Waals surface area contributed by atoms with Crippen LogP contribution in [0.2, 0.25) is 0 Å². The van der Waals surface area contributed by atoms with Gasteiger partial charge in [0.05, 0.1) is 5.75 Å². The second kappa shape index (κ2) is 9.55. The van der Waals surface area contributed by atoms with Gasteiger partial charge in [-0.15, -0.1) is 0 Å². The predicted octanol–water partition coefficient (Wildman–Crippen LogP) is 3.41. The van der Waals surface area contributed by atoms with E-state index in [1.54, 1.807) is 0 Å². The van der Waals surface area contributed by atoms with Gasteiger partial charge in [0, 0.05) is 18.8 Å². The van der Waals surface area contributed by atoms with Crippen LogP contribution in [-0.2, 0) is 27.2 Å². The summed E-state index contributed by atoms with van der Waals surface area (Å²) in [4.78, 5) is 26.0. The first-order valence-corrected chi connectivity index (χ1v) is 10.9. The summed E-state index contributed by atoms with van der Waals surface area (Å²) < 4.78 is 5.81. The van der Waals surface area contributed by atoms with Crippen LogP contribution < -0.4 is 5.32 Å². The number of carbonyl (C=O) groups is 2. The summed E-state index contributed by atoms with van der Waals surface area (Å²) in [6, 6.07) is 5.97. The summed E-state index contributed by atoms with van der Waals surface area (Å²) in [6.45, 7) is 3.87. The molecule has 5 nitrogen and oxygen atoms in total. The number of ether oxygens (including phenoxy) is 1. The van der Waals surface area contributed by atoms with Crippen molar-refractivity contribution in [2.24, 2.45) is 5.92 Å². The fraction of sp³-hybridized carbons (Fsp3) is 0.550. The van der Waals surface area contributed by atoms with Gasteiger partial charge in [-0.05, 0) is 61.3 Å². The third-order valence-corrected chi connectivity index (χ3v) is 6.60. The minimum Gasteiger partial charge on any atom is -0.455 e. The van der Waals surface area contributed by atoms with E-state index in [0.717, 1.165) is 54.7 Å². The van der Waals surface area contributed by atoms with Crippen molar-refractivity contribution >= 4 is 45.9 Å². The summed E-state index contributed by atoms with van der Waals surface area (Å²) in [5.74, 6) is 0.135. The zero-order chi connectivity index (χ0) is 19.2. The first kappa shape index (κ1) is 20.1. The maximum Gasteiger partial charge on any atom is 0.316 e. The van der Waals surface area contributed by atoms with Crippen LogP contribution in [-0.4, -0.2) is 46.5 Å². The molecule has 7 heteroatoms. The van der Waals surface area contributed by atoms with Gasteiger partial charge in [-0.25, -0.2) is 0 Å². The van der Waals surface area contributed by atoms with Gasteiger partial charge in [-0.3, -0.25) is 9.59 Å². The van der Waals surface area contributed by atoms with Crippen LogP contribution in [0.3, 0.4) is 0 Å². The minimum absolute atomic E-state index is 0.136. The number of thioether (sulfide) groups is 1. The van der Waals surface area contributed by atoms with Gasteiger partial charge < -0.3 is 15.0 Å². The van der Waals surface area contributed by atoms with E-state index in [1.807, 2.05) is 12.1 Å². The zero-order valence-corrected chi connectivity index (χ0v) is 17.3. The summed E-state index contributed by atoms with van der Waals surface area (Å²) in [5.41, 5.74) is 3.41. The van der Waals surface area contributed by atoms with Gasteiger partial charge in [0.1, 0.15) is 4.32 Å². The molecule has 2 aliphatic rings. The third kappa shape index (κ3) is 5.94. The quantitative estimate of drug-likeness (QED) is 0.597. The average molecular weight is 407 g/mol. The van der Waals surface area contributed by atoms with E-state index in [9.17, 15) is 9.59 Å². The molecule has 146 valence electrons. The van der Waals surface area contributed by atoms with Crippen molar-refractivity contribution in [1.29, 1.82) is 0 Å². The molecule has 0 atom stereocenters. The van der Waals surface area contributed by atoms with E-state index in [1.165, 1.54) is 29.3 Å². The molecule has 3 rings (SSSR count). The third-order valence-electron chi connectivity index (χ3n) is 5.10. The molecule has 0 saturated carbocycles. The summed E-state index contributed by atoms with van der Waals surface area (Å²) in [7, 11) is 0. The van der Waals surface area contributed by atoms with E-state index < -0.39 is 5.97 Å². The van der Waals surface area contributed by atoms with Gasteiger partial charge in [-0.2, -0.15) is 0 Å². The largest absolute Gasteiger partial charge is 0.455 e. The van der Waals surface area contributed by atoms with Crippen LogP contribution in [0.15, 0.2) is 18.2 Å². The molecule has 0 unspecified atom stereocenters. The predicted molar refractivity (Wildman–Crippen MR) is 113 cm³/mol. The number of aryl methyl sites for hydroxylation is 2. The number of benzene rings is 1. The number of amides is 1. The number of likely N-dealkylation sites (tertiary alicyclic amines) is 1. The molecule has 1 amide bonds. The Bertz CT molecular complexity index is 715. The highest BCUT2D eigenvalue weighted by Crippen LogP contribution is 2.25. The number of fused-ring (bicyclic) bond motifs is 1. The summed E-state index contributed by atoms with van der Waals surface area (Å²) in [6.07, 6.45) is 5.60. The van der Waals surface area contributed by atoms with E-state index in [4.69, 9.17) is 17.0 Å². The summed E-state index contributed by atoms with van der Waals surface area (Å²) in [5, 5.41) is 2.79. The van der Waals surface area contributed by atoms with Gasteiger partial charge in [-0.1, -0.05) is 37.0 Å². The van der Waals surface area contributed by atoms with Crippen molar-refractivity contribution in [3.63, 3.8) is 0 Å². The molecule has 0 aromatic heterocycles. The lowest BCUT2D eigenvalue weighted by molar-refractivity contribution is -0.144. The van der Waals surface area contributed by atoms with E-state index in [2.05, 4.69) is 23.2 Å². The van der Waals surface area contributed by atoms with E-state index >= 15 is 0 Å². The Labute approximate surface area is 170 Å². The van der Waals surface area contributed by atoms with Crippen LogP contribution in [0.1, 0.15) is 37.3 Å². The number of nitrogens with zero attached hydrogens (tertiary/aromatic N) is 1. The van der Waals surface area contributed by atoms with Crippen LogP contribution in [0.5, 0.6) is 0 Å². The van der Waals surface area contributed by atoms with Crippen LogP contribution in [0, 0.1) is 5.92 Å². The number of hydrogen-bond donors (Lipinski definition) is 1. The second-order valence-electron chi connectivity index (χ2n) is 7.27. The monoisotopic (exact) mass is 406 g/mol. The number of rotatable bonds is 5. The second-order valence-corrected chi connectivity index (χ2v) is 8.88. The Morgan fingerprint density at radius 3 is 2.78 bits per heavy atom. The molecule has 1 aromatic rings. The lowest BCUT2D eigenvalue weighted by Gasteiger charge is -2.31. The SMILES string of the molecule is CC1CCN(C(=S)SCC(=O)OCC(=O)Nc2ccc3c(c2)CCC3)CC1. The smallest absolute Gasteiger partial charge is 0.316 e. The molecule has 1 heterocycles. The number of thiocarbonyl (C=S) groups is 1. The Balaban J connectivity index is 1.35. The maximum absolute atomic E-state index is 12.0. The molecular weight excluding hydrogens is 380 g/mol. The molecule has 1 aliphatic carbocycles. The lowest BCUT2D eigenvalue weighted by atomic mass is 10.00. The van der Waals surface area contributed by atoms with Crippen molar-refractivity contribution < 1.29 is 14.3 Å². The Hall–Kier alpha value is -1.60. The molecule has 0 bridgehead atoms. The van der Waals surface area contributed by atoms with Crippen molar-refractivity contribution in [2.75, 3.05) is 30.8 Å². The molecule has 27 heavy (non-hydrogen) atoms. The highest BCUT2D eigenvalue weighted by atomic mass is 32.2. The van der Waals surface area contributed by atoms with Crippen molar-refractivity contribution in [2.45, 2.75) is 39.0 Å². The standard InChI is InChI=1S/C20H26N2O3S2/c1-14-7-9-22(10-8-14)20(26)27-13-19(24)25-12-18(23)21-17-6-5-15-3-2-4-16(15)11-17/h5-6,11,14H,2-4,7-10,12-13H2,1H3,(H,21,23). The van der Waals surface area contributed by atoms with Crippen LogP contribution in [0.25, 0.3) is 0 Å². The van der Waals surface area contributed by atoms with Gasteiger partial charge >= 0.3 is 5.97 Å². The zero-order valence-electron chi connectivity index (χ0n) is 15.7. The number of esters is 1. The van der Waals surface area contributed by atoms with Crippen molar-refractivity contribution in [3.8, 4) is 0 Å². The van der Waals surface area contributed by atoms with Crippen LogP contribution >= 0.6 is 24.0 Å². The average Bonchev–Trinajstić information content (AvgIpc) is 3.13. The maximum atomic E-state index is 12.0. The number of anilines is 1. The molecule has 0 spiro atoms. The first-order chi connectivity index (χ1) is 13.0. The Morgan fingerprint density at radius 1 is 1.26 bits per heavy atom. The molecular formula is C20H26N2O3S2. The van der Waals surface area contributed by atoms with Crippen molar-refractivity contribution in [3.05, 3.63) is 29.3 Å². The summed E-state index contributed by atoms with van der Waals surface area (Å²) >= 11 is 6.71. The fourth-order valence-electron chi connectivity index (χ4n) is 3.44. The number of piperidine rings is 1.